The topological polar surface area (TPSA) is 59.1 Å². The molecule has 32 heavy (non-hydrogen) atoms. The SMILES string of the molecule is FC(F)(F)Oc1cccc(-c2cc(Nc3ccccc3Br)nc(NC3CCCCC3)n2)c1. The molecule has 1 aromatic heterocycles. The van der Waals surface area contributed by atoms with Crippen molar-refractivity contribution in [2.24, 2.45) is 0 Å². The predicted molar refractivity (Wildman–Crippen MR) is 122 cm³/mol. The molecule has 0 unspecified atom stereocenters. The molecule has 3 aromatic rings. The minimum absolute atomic E-state index is 0.273. The summed E-state index contributed by atoms with van der Waals surface area (Å²) in [5.74, 6) is 0.671. The van der Waals surface area contributed by atoms with Gasteiger partial charge in [-0.1, -0.05) is 43.5 Å². The van der Waals surface area contributed by atoms with E-state index >= 15 is 0 Å². The van der Waals surface area contributed by atoms with Crippen molar-refractivity contribution in [3.8, 4) is 17.0 Å². The Bertz CT molecular complexity index is 1070. The summed E-state index contributed by atoms with van der Waals surface area (Å²) < 4.78 is 43.0. The van der Waals surface area contributed by atoms with E-state index in [-0.39, 0.29) is 11.8 Å². The van der Waals surface area contributed by atoms with E-state index < -0.39 is 6.36 Å². The molecule has 1 aliphatic rings. The number of benzene rings is 2. The first-order valence-corrected chi connectivity index (χ1v) is 11.2. The number of alkyl halides is 3. The van der Waals surface area contributed by atoms with Crippen LogP contribution in [0.25, 0.3) is 11.3 Å². The van der Waals surface area contributed by atoms with Crippen LogP contribution in [0.2, 0.25) is 0 Å². The Hall–Kier alpha value is -2.81. The first-order chi connectivity index (χ1) is 15.4. The molecule has 2 aromatic carbocycles. The highest BCUT2D eigenvalue weighted by atomic mass is 79.9. The van der Waals surface area contributed by atoms with E-state index in [1.54, 1.807) is 12.1 Å². The van der Waals surface area contributed by atoms with Crippen molar-refractivity contribution in [3.63, 3.8) is 0 Å². The van der Waals surface area contributed by atoms with E-state index in [1.165, 1.54) is 24.6 Å². The van der Waals surface area contributed by atoms with Crippen molar-refractivity contribution in [1.29, 1.82) is 0 Å². The molecule has 0 radical (unpaired) electrons. The second-order valence-electron chi connectivity index (χ2n) is 7.62. The zero-order valence-electron chi connectivity index (χ0n) is 17.1. The minimum atomic E-state index is -4.76. The molecule has 0 saturated heterocycles. The number of nitrogens with zero attached hydrogens (tertiary/aromatic N) is 2. The van der Waals surface area contributed by atoms with Gasteiger partial charge in [-0.25, -0.2) is 4.98 Å². The third-order valence-electron chi connectivity index (χ3n) is 5.16. The molecule has 2 N–H and O–H groups in total. The van der Waals surface area contributed by atoms with Gasteiger partial charge in [-0.3, -0.25) is 0 Å². The maximum atomic E-state index is 12.7. The van der Waals surface area contributed by atoms with Gasteiger partial charge in [0, 0.05) is 22.1 Å². The van der Waals surface area contributed by atoms with Crippen molar-refractivity contribution in [1.82, 2.24) is 9.97 Å². The van der Waals surface area contributed by atoms with E-state index in [2.05, 4.69) is 41.3 Å². The van der Waals surface area contributed by atoms with E-state index in [0.717, 1.165) is 35.8 Å². The van der Waals surface area contributed by atoms with Gasteiger partial charge in [0.05, 0.1) is 11.4 Å². The molecule has 1 heterocycles. The Morgan fingerprint density at radius 1 is 0.938 bits per heavy atom. The summed E-state index contributed by atoms with van der Waals surface area (Å²) in [7, 11) is 0. The molecular formula is C23H22BrF3N4O. The molecule has 0 bridgehead atoms. The molecule has 5 nitrogen and oxygen atoms in total. The molecule has 4 rings (SSSR count). The van der Waals surface area contributed by atoms with Crippen molar-refractivity contribution in [3.05, 3.63) is 59.1 Å². The van der Waals surface area contributed by atoms with Gasteiger partial charge < -0.3 is 15.4 Å². The van der Waals surface area contributed by atoms with Crippen LogP contribution in [0.4, 0.5) is 30.6 Å². The van der Waals surface area contributed by atoms with Crippen LogP contribution in [0.15, 0.2) is 59.1 Å². The first-order valence-electron chi connectivity index (χ1n) is 10.4. The Balaban J connectivity index is 1.68. The quantitative estimate of drug-likeness (QED) is 0.367. The zero-order chi connectivity index (χ0) is 22.6. The lowest BCUT2D eigenvalue weighted by Crippen LogP contribution is -2.23. The van der Waals surface area contributed by atoms with E-state index in [1.807, 2.05) is 24.3 Å². The number of hydrogen-bond acceptors (Lipinski definition) is 5. The molecule has 0 amide bonds. The Morgan fingerprint density at radius 2 is 1.72 bits per heavy atom. The Morgan fingerprint density at radius 3 is 2.47 bits per heavy atom. The van der Waals surface area contributed by atoms with E-state index in [9.17, 15) is 13.2 Å². The van der Waals surface area contributed by atoms with Crippen LogP contribution in [-0.2, 0) is 0 Å². The fraction of sp³-hybridized carbons (Fsp3) is 0.304. The van der Waals surface area contributed by atoms with Gasteiger partial charge in [0.15, 0.2) is 0 Å². The third-order valence-corrected chi connectivity index (χ3v) is 5.86. The molecule has 0 atom stereocenters. The number of hydrogen-bond donors (Lipinski definition) is 2. The second-order valence-corrected chi connectivity index (χ2v) is 8.48. The van der Waals surface area contributed by atoms with E-state index in [0.29, 0.717) is 23.0 Å². The summed E-state index contributed by atoms with van der Waals surface area (Å²) in [4.78, 5) is 9.19. The van der Waals surface area contributed by atoms with Crippen LogP contribution in [0.1, 0.15) is 32.1 Å². The summed E-state index contributed by atoms with van der Waals surface area (Å²) in [6, 6.07) is 15.4. The predicted octanol–water partition coefficient (Wildman–Crippen LogP) is 7.29. The van der Waals surface area contributed by atoms with Gasteiger partial charge in [0.1, 0.15) is 11.6 Å². The van der Waals surface area contributed by atoms with Crippen LogP contribution in [0, 0.1) is 0 Å². The number of halogens is 4. The lowest BCUT2D eigenvalue weighted by atomic mass is 9.96. The fourth-order valence-corrected chi connectivity index (χ4v) is 4.09. The summed E-state index contributed by atoms with van der Waals surface area (Å²) in [5.41, 5.74) is 1.80. The average molecular weight is 507 g/mol. The zero-order valence-corrected chi connectivity index (χ0v) is 18.7. The molecule has 0 aliphatic heterocycles. The van der Waals surface area contributed by atoms with Crippen molar-refractivity contribution in [2.75, 3.05) is 10.6 Å². The fourth-order valence-electron chi connectivity index (χ4n) is 3.71. The van der Waals surface area contributed by atoms with Crippen molar-refractivity contribution in [2.45, 2.75) is 44.5 Å². The molecular weight excluding hydrogens is 485 g/mol. The molecule has 1 fully saturated rings. The van der Waals surface area contributed by atoms with Crippen LogP contribution in [-0.4, -0.2) is 22.4 Å². The highest BCUT2D eigenvalue weighted by Crippen LogP contribution is 2.31. The monoisotopic (exact) mass is 506 g/mol. The standard InChI is InChI=1S/C23H22BrF3N4O/c24-18-11-4-5-12-19(18)29-21-14-20(15-7-6-10-17(13-15)32-23(25,26)27)30-22(31-21)28-16-8-2-1-3-9-16/h4-7,10-14,16H,1-3,8-9H2,(H2,28,29,30,31). The Labute approximate surface area is 192 Å². The second kappa shape index (κ2) is 9.77. The smallest absolute Gasteiger partial charge is 0.406 e. The lowest BCUT2D eigenvalue weighted by Gasteiger charge is -2.23. The number of rotatable bonds is 6. The van der Waals surface area contributed by atoms with Crippen LogP contribution < -0.4 is 15.4 Å². The van der Waals surface area contributed by atoms with Crippen molar-refractivity contribution < 1.29 is 17.9 Å². The highest BCUT2D eigenvalue weighted by Gasteiger charge is 2.31. The van der Waals surface area contributed by atoms with E-state index in [4.69, 9.17) is 0 Å². The van der Waals surface area contributed by atoms with Gasteiger partial charge >= 0.3 is 6.36 Å². The summed E-state index contributed by atoms with van der Waals surface area (Å²) in [6.07, 6.45) is 0.835. The Kier molecular flexibility index (Phi) is 6.83. The highest BCUT2D eigenvalue weighted by molar-refractivity contribution is 9.10. The summed E-state index contributed by atoms with van der Waals surface area (Å²) >= 11 is 3.51. The first kappa shape index (κ1) is 22.4. The number of nitrogens with one attached hydrogen (secondary N) is 2. The van der Waals surface area contributed by atoms with Gasteiger partial charge in [-0.05, 0) is 53.0 Å². The number of anilines is 3. The average Bonchev–Trinajstić information content (AvgIpc) is 2.75. The van der Waals surface area contributed by atoms with Gasteiger partial charge in [0.2, 0.25) is 5.95 Å². The number of ether oxygens (including phenoxy) is 1. The van der Waals surface area contributed by atoms with Crippen LogP contribution in [0.3, 0.4) is 0 Å². The maximum Gasteiger partial charge on any atom is 0.573 e. The van der Waals surface area contributed by atoms with Gasteiger partial charge in [-0.2, -0.15) is 4.98 Å². The molecule has 9 heteroatoms. The summed E-state index contributed by atoms with van der Waals surface area (Å²) in [5, 5.41) is 6.66. The van der Waals surface area contributed by atoms with Crippen LogP contribution >= 0.6 is 15.9 Å². The summed E-state index contributed by atoms with van der Waals surface area (Å²) in [6.45, 7) is 0. The largest absolute Gasteiger partial charge is 0.573 e. The van der Waals surface area contributed by atoms with Gasteiger partial charge in [0.25, 0.3) is 0 Å². The third kappa shape index (κ3) is 6.12. The lowest BCUT2D eigenvalue weighted by molar-refractivity contribution is -0.274. The normalized spacial score (nSPS) is 14.8. The minimum Gasteiger partial charge on any atom is -0.406 e. The maximum absolute atomic E-state index is 12.7. The molecule has 1 aliphatic carbocycles. The van der Waals surface area contributed by atoms with Crippen LogP contribution in [0.5, 0.6) is 5.75 Å². The molecule has 1 saturated carbocycles. The molecule has 0 spiro atoms. The number of aromatic nitrogens is 2. The van der Waals surface area contributed by atoms with Crippen molar-refractivity contribution >= 4 is 33.4 Å². The molecule has 168 valence electrons. The van der Waals surface area contributed by atoms with Gasteiger partial charge in [-0.15, -0.1) is 13.2 Å². The number of para-hydroxylation sites is 1.